The molecular weight excluding hydrogens is 168 g/mol. The highest BCUT2D eigenvalue weighted by Gasteiger charge is 2.22. The number of nitriles is 1. The minimum absolute atomic E-state index is 0.0741. The lowest BCUT2D eigenvalue weighted by Crippen LogP contribution is -2.28. The average molecular weight is 182 g/mol. The van der Waals surface area contributed by atoms with Gasteiger partial charge in [-0.05, 0) is 25.2 Å². The summed E-state index contributed by atoms with van der Waals surface area (Å²) >= 11 is 0. The summed E-state index contributed by atoms with van der Waals surface area (Å²) in [5, 5.41) is 20.1. The Morgan fingerprint density at radius 1 is 1.62 bits per heavy atom. The van der Waals surface area contributed by atoms with Gasteiger partial charge in [0.1, 0.15) is 6.42 Å². The zero-order chi connectivity index (χ0) is 9.68. The molecule has 1 saturated carbocycles. The quantitative estimate of drug-likeness (QED) is 0.653. The normalized spacial score (nSPS) is 26.8. The van der Waals surface area contributed by atoms with Gasteiger partial charge in [0.05, 0.1) is 12.2 Å². The molecule has 0 heterocycles. The van der Waals surface area contributed by atoms with Crippen LogP contribution in [0.3, 0.4) is 0 Å². The third kappa shape index (κ3) is 3.43. The Kier molecular flexibility index (Phi) is 3.71. The molecule has 2 atom stereocenters. The number of aliphatic hydroxyl groups is 1. The second kappa shape index (κ2) is 4.83. The van der Waals surface area contributed by atoms with Gasteiger partial charge in [0.15, 0.2) is 0 Å². The van der Waals surface area contributed by atoms with E-state index in [1.165, 1.54) is 0 Å². The summed E-state index contributed by atoms with van der Waals surface area (Å²) in [4.78, 5) is 10.9. The molecule has 2 N–H and O–H groups in total. The van der Waals surface area contributed by atoms with E-state index in [-0.39, 0.29) is 18.4 Å². The number of hydrogen-bond acceptors (Lipinski definition) is 3. The number of hydrogen-bond donors (Lipinski definition) is 2. The van der Waals surface area contributed by atoms with Crippen LogP contribution in [0.2, 0.25) is 0 Å². The zero-order valence-corrected chi connectivity index (χ0v) is 7.49. The van der Waals surface area contributed by atoms with Gasteiger partial charge in [-0.25, -0.2) is 0 Å². The van der Waals surface area contributed by atoms with Gasteiger partial charge in [-0.15, -0.1) is 0 Å². The van der Waals surface area contributed by atoms with E-state index in [1.807, 2.05) is 0 Å². The summed E-state index contributed by atoms with van der Waals surface area (Å²) in [5.74, 6) is 0.168. The highest BCUT2D eigenvalue weighted by Crippen LogP contribution is 2.24. The topological polar surface area (TPSA) is 73.1 Å². The van der Waals surface area contributed by atoms with Crippen molar-refractivity contribution in [1.82, 2.24) is 5.32 Å². The molecule has 1 aliphatic rings. The first-order valence-corrected chi connectivity index (χ1v) is 4.54. The first-order valence-electron chi connectivity index (χ1n) is 4.54. The lowest BCUT2D eigenvalue weighted by Gasteiger charge is -2.09. The Bertz CT molecular complexity index is 222. The predicted molar refractivity (Wildman–Crippen MR) is 46.6 cm³/mol. The third-order valence-electron chi connectivity index (χ3n) is 2.34. The lowest BCUT2D eigenvalue weighted by atomic mass is 10.1. The van der Waals surface area contributed by atoms with Crippen molar-refractivity contribution in [1.29, 1.82) is 5.26 Å². The minimum Gasteiger partial charge on any atom is -0.393 e. The highest BCUT2D eigenvalue weighted by molar-refractivity contribution is 5.77. The summed E-state index contributed by atoms with van der Waals surface area (Å²) in [7, 11) is 0. The monoisotopic (exact) mass is 182 g/mol. The highest BCUT2D eigenvalue weighted by atomic mass is 16.3. The van der Waals surface area contributed by atoms with Crippen LogP contribution in [0.4, 0.5) is 0 Å². The molecular formula is C9H14N2O2. The molecule has 1 rings (SSSR count). The number of amides is 1. The van der Waals surface area contributed by atoms with E-state index in [4.69, 9.17) is 5.26 Å². The molecule has 4 heteroatoms. The van der Waals surface area contributed by atoms with E-state index >= 15 is 0 Å². The molecule has 0 radical (unpaired) electrons. The molecule has 13 heavy (non-hydrogen) atoms. The first-order chi connectivity index (χ1) is 6.22. The van der Waals surface area contributed by atoms with E-state index in [2.05, 4.69) is 5.32 Å². The van der Waals surface area contributed by atoms with Gasteiger partial charge in [-0.2, -0.15) is 5.26 Å². The maximum absolute atomic E-state index is 10.9. The number of nitrogens with one attached hydrogen (secondary N) is 1. The van der Waals surface area contributed by atoms with Crippen LogP contribution in [-0.2, 0) is 4.79 Å². The Balaban J connectivity index is 2.13. The molecule has 4 nitrogen and oxygen atoms in total. The van der Waals surface area contributed by atoms with Crippen molar-refractivity contribution in [2.24, 2.45) is 5.92 Å². The number of carbonyl (C=O) groups excluding carboxylic acids is 1. The SMILES string of the molecule is N#CCC(=O)NCC1CCC(O)C1. The van der Waals surface area contributed by atoms with Gasteiger partial charge in [0.25, 0.3) is 0 Å². The van der Waals surface area contributed by atoms with Crippen LogP contribution in [-0.4, -0.2) is 23.7 Å². The van der Waals surface area contributed by atoms with Crippen molar-refractivity contribution < 1.29 is 9.90 Å². The molecule has 1 aliphatic carbocycles. The standard InChI is InChI=1S/C9H14N2O2/c10-4-3-9(13)11-6-7-1-2-8(12)5-7/h7-8,12H,1-3,5-6H2,(H,11,13). The summed E-state index contributed by atoms with van der Waals surface area (Å²) in [5.41, 5.74) is 0. The Labute approximate surface area is 77.6 Å². The fourth-order valence-corrected chi connectivity index (χ4v) is 1.63. The van der Waals surface area contributed by atoms with Crippen LogP contribution in [0.15, 0.2) is 0 Å². The van der Waals surface area contributed by atoms with Crippen molar-refractivity contribution in [3.63, 3.8) is 0 Å². The summed E-state index contributed by atoms with van der Waals surface area (Å²) < 4.78 is 0. The van der Waals surface area contributed by atoms with Gasteiger partial charge in [0.2, 0.25) is 5.91 Å². The number of carbonyl (C=O) groups is 1. The van der Waals surface area contributed by atoms with Crippen LogP contribution >= 0.6 is 0 Å². The molecule has 0 saturated heterocycles. The molecule has 0 aromatic carbocycles. The first kappa shape index (κ1) is 10.0. The van der Waals surface area contributed by atoms with Crippen molar-refractivity contribution in [2.75, 3.05) is 6.54 Å². The van der Waals surface area contributed by atoms with Crippen LogP contribution < -0.4 is 5.32 Å². The van der Waals surface area contributed by atoms with E-state index < -0.39 is 0 Å². The lowest BCUT2D eigenvalue weighted by molar-refractivity contribution is -0.120. The number of rotatable bonds is 3. The minimum atomic E-state index is -0.219. The fourth-order valence-electron chi connectivity index (χ4n) is 1.63. The molecule has 2 unspecified atom stereocenters. The summed E-state index contributed by atoms with van der Waals surface area (Å²) in [6, 6.07) is 1.79. The maximum Gasteiger partial charge on any atom is 0.234 e. The van der Waals surface area contributed by atoms with Crippen molar-refractivity contribution >= 4 is 5.91 Å². The van der Waals surface area contributed by atoms with Crippen molar-refractivity contribution in [3.05, 3.63) is 0 Å². The van der Waals surface area contributed by atoms with Crippen molar-refractivity contribution in [2.45, 2.75) is 31.8 Å². The van der Waals surface area contributed by atoms with Gasteiger partial charge < -0.3 is 10.4 Å². The zero-order valence-electron chi connectivity index (χ0n) is 7.49. The molecule has 1 amide bonds. The van der Waals surface area contributed by atoms with Gasteiger partial charge >= 0.3 is 0 Å². The van der Waals surface area contributed by atoms with Crippen LogP contribution in [0.5, 0.6) is 0 Å². The number of nitrogens with zero attached hydrogens (tertiary/aromatic N) is 1. The largest absolute Gasteiger partial charge is 0.393 e. The smallest absolute Gasteiger partial charge is 0.234 e. The fraction of sp³-hybridized carbons (Fsp3) is 0.778. The van der Waals surface area contributed by atoms with E-state index in [9.17, 15) is 9.90 Å². The third-order valence-corrected chi connectivity index (χ3v) is 2.34. The second-order valence-corrected chi connectivity index (χ2v) is 3.47. The molecule has 1 fully saturated rings. The molecule has 0 aromatic heterocycles. The maximum atomic E-state index is 10.9. The van der Waals surface area contributed by atoms with Gasteiger partial charge in [-0.3, -0.25) is 4.79 Å². The van der Waals surface area contributed by atoms with E-state index in [0.29, 0.717) is 12.5 Å². The molecule has 0 bridgehead atoms. The van der Waals surface area contributed by atoms with Crippen LogP contribution in [0.25, 0.3) is 0 Å². The van der Waals surface area contributed by atoms with Gasteiger partial charge in [-0.1, -0.05) is 0 Å². The van der Waals surface area contributed by atoms with Crippen LogP contribution in [0.1, 0.15) is 25.7 Å². The van der Waals surface area contributed by atoms with Crippen molar-refractivity contribution in [3.8, 4) is 6.07 Å². The summed E-state index contributed by atoms with van der Waals surface area (Å²) in [6.07, 6.45) is 2.30. The van der Waals surface area contributed by atoms with Crippen LogP contribution in [0, 0.1) is 17.2 Å². The molecule has 0 aliphatic heterocycles. The van der Waals surface area contributed by atoms with E-state index in [1.54, 1.807) is 6.07 Å². The second-order valence-electron chi connectivity index (χ2n) is 3.47. The molecule has 0 aromatic rings. The van der Waals surface area contributed by atoms with Gasteiger partial charge in [0, 0.05) is 6.54 Å². The molecule has 0 spiro atoms. The Morgan fingerprint density at radius 3 is 2.92 bits per heavy atom. The van der Waals surface area contributed by atoms with E-state index in [0.717, 1.165) is 19.3 Å². The summed E-state index contributed by atoms with van der Waals surface area (Å²) in [6.45, 7) is 0.595. The Hall–Kier alpha value is -1.08. The molecule has 72 valence electrons. The number of aliphatic hydroxyl groups excluding tert-OH is 1. The predicted octanol–water partition coefficient (Wildman–Crippen LogP) is 0.177. The average Bonchev–Trinajstić information content (AvgIpc) is 2.49. The Morgan fingerprint density at radius 2 is 2.38 bits per heavy atom.